The molecular formula is C22H26N2O5. The first-order valence-electron chi connectivity index (χ1n) is 9.32. The van der Waals surface area contributed by atoms with Gasteiger partial charge in [0.2, 0.25) is 5.91 Å². The zero-order valence-electron chi connectivity index (χ0n) is 16.8. The number of rotatable bonds is 9. The molecule has 2 amide bonds. The molecular weight excluding hydrogens is 372 g/mol. The number of ether oxygens (including phenoxy) is 1. The van der Waals surface area contributed by atoms with Crippen molar-refractivity contribution in [3.63, 3.8) is 0 Å². The maximum atomic E-state index is 12.7. The van der Waals surface area contributed by atoms with E-state index in [0.29, 0.717) is 18.8 Å². The van der Waals surface area contributed by atoms with E-state index < -0.39 is 30.2 Å². The molecule has 154 valence electrons. The number of nitrogens with zero attached hydrogens (tertiary/aromatic N) is 1. The monoisotopic (exact) mass is 398 g/mol. The molecule has 0 aromatic heterocycles. The van der Waals surface area contributed by atoms with Crippen molar-refractivity contribution < 1.29 is 24.2 Å². The van der Waals surface area contributed by atoms with E-state index in [0.717, 1.165) is 21.6 Å². The van der Waals surface area contributed by atoms with Crippen molar-refractivity contribution in [2.24, 2.45) is 0 Å². The number of Topliss-reactive ketones (excluding diaryl/α,β-unsaturated/α-hetero) is 1. The van der Waals surface area contributed by atoms with Crippen molar-refractivity contribution in [2.45, 2.75) is 19.6 Å². The molecule has 0 saturated heterocycles. The molecule has 0 heterocycles. The van der Waals surface area contributed by atoms with Gasteiger partial charge in [0, 0.05) is 26.3 Å². The normalized spacial score (nSPS) is 11.6. The molecule has 0 aliphatic rings. The van der Waals surface area contributed by atoms with Crippen molar-refractivity contribution in [2.75, 3.05) is 27.3 Å². The molecule has 0 spiro atoms. The number of ketones is 1. The van der Waals surface area contributed by atoms with Gasteiger partial charge in [-0.25, -0.2) is 0 Å². The maximum Gasteiger partial charge on any atom is 0.254 e. The lowest BCUT2D eigenvalue weighted by Gasteiger charge is -2.25. The second kappa shape index (κ2) is 10.5. The van der Waals surface area contributed by atoms with Gasteiger partial charge in [-0.3, -0.25) is 14.4 Å². The highest BCUT2D eigenvalue weighted by molar-refractivity contribution is 6.10. The van der Waals surface area contributed by atoms with Crippen molar-refractivity contribution in [3.05, 3.63) is 59.7 Å². The molecule has 7 heteroatoms. The Morgan fingerprint density at radius 2 is 1.59 bits per heavy atom. The van der Waals surface area contributed by atoms with Crippen LogP contribution in [0.15, 0.2) is 48.5 Å². The lowest BCUT2D eigenvalue weighted by Crippen LogP contribution is -2.52. The summed E-state index contributed by atoms with van der Waals surface area (Å²) in [6.07, 6.45) is 0. The third kappa shape index (κ3) is 5.49. The zero-order chi connectivity index (χ0) is 21.4. The van der Waals surface area contributed by atoms with Crippen molar-refractivity contribution in [3.8, 4) is 11.1 Å². The standard InChI is InChI=1S/C22H26N2O5/c1-4-29-14-15-5-7-16(8-6-15)17-9-11-18(12-10-17)22(28)24(3)20(19(26)13-25)21(27)23-2/h5-12,20,25H,4,13-14H2,1-3H3,(H,23,27). The third-order valence-corrected chi connectivity index (χ3v) is 4.56. The molecule has 29 heavy (non-hydrogen) atoms. The first kappa shape index (κ1) is 22.3. The highest BCUT2D eigenvalue weighted by Gasteiger charge is 2.32. The van der Waals surface area contributed by atoms with Crippen LogP contribution in [0.3, 0.4) is 0 Å². The number of hydrogen-bond acceptors (Lipinski definition) is 5. The van der Waals surface area contributed by atoms with Crippen LogP contribution in [0.5, 0.6) is 0 Å². The van der Waals surface area contributed by atoms with E-state index in [1.807, 2.05) is 31.2 Å². The summed E-state index contributed by atoms with van der Waals surface area (Å²) in [6.45, 7) is 2.35. The number of nitrogens with one attached hydrogen (secondary N) is 1. The summed E-state index contributed by atoms with van der Waals surface area (Å²) in [6, 6.07) is 13.5. The first-order valence-corrected chi connectivity index (χ1v) is 9.32. The van der Waals surface area contributed by atoms with Crippen LogP contribution in [0.2, 0.25) is 0 Å². The lowest BCUT2D eigenvalue weighted by molar-refractivity contribution is -0.135. The Bertz CT molecular complexity index is 831. The van der Waals surface area contributed by atoms with E-state index in [1.165, 1.54) is 14.1 Å². The van der Waals surface area contributed by atoms with Crippen LogP contribution >= 0.6 is 0 Å². The van der Waals surface area contributed by atoms with Gasteiger partial charge >= 0.3 is 0 Å². The highest BCUT2D eigenvalue weighted by atomic mass is 16.5. The Balaban J connectivity index is 2.17. The van der Waals surface area contributed by atoms with Gasteiger partial charge in [-0.2, -0.15) is 0 Å². The van der Waals surface area contributed by atoms with E-state index in [-0.39, 0.29) is 0 Å². The molecule has 0 saturated carbocycles. The number of carbonyl (C=O) groups is 3. The van der Waals surface area contributed by atoms with Crippen LogP contribution in [-0.2, 0) is 20.9 Å². The maximum absolute atomic E-state index is 12.7. The van der Waals surface area contributed by atoms with Crippen LogP contribution in [0.25, 0.3) is 11.1 Å². The summed E-state index contributed by atoms with van der Waals surface area (Å²) >= 11 is 0. The van der Waals surface area contributed by atoms with Crippen LogP contribution in [0, 0.1) is 0 Å². The van der Waals surface area contributed by atoms with Gasteiger partial charge in [-0.05, 0) is 35.7 Å². The minimum absolute atomic E-state index is 0.337. The molecule has 2 rings (SSSR count). The summed E-state index contributed by atoms with van der Waals surface area (Å²) in [5.74, 6) is -1.88. The molecule has 1 unspecified atom stereocenters. The van der Waals surface area contributed by atoms with E-state index in [9.17, 15) is 14.4 Å². The minimum atomic E-state index is -1.38. The Morgan fingerprint density at radius 3 is 2.07 bits per heavy atom. The Morgan fingerprint density at radius 1 is 1.03 bits per heavy atom. The molecule has 0 aliphatic heterocycles. The van der Waals surface area contributed by atoms with Crippen molar-refractivity contribution in [1.29, 1.82) is 0 Å². The van der Waals surface area contributed by atoms with Crippen LogP contribution in [0.1, 0.15) is 22.8 Å². The summed E-state index contributed by atoms with van der Waals surface area (Å²) < 4.78 is 5.39. The topological polar surface area (TPSA) is 95.9 Å². The molecule has 7 nitrogen and oxygen atoms in total. The van der Waals surface area contributed by atoms with Crippen molar-refractivity contribution >= 4 is 17.6 Å². The van der Waals surface area contributed by atoms with Crippen molar-refractivity contribution in [1.82, 2.24) is 10.2 Å². The second-order valence-electron chi connectivity index (χ2n) is 6.47. The number of hydrogen-bond donors (Lipinski definition) is 2. The molecule has 2 aromatic carbocycles. The molecule has 0 fully saturated rings. The number of benzene rings is 2. The SMILES string of the molecule is CCOCc1ccc(-c2ccc(C(=O)N(C)C(C(=O)CO)C(=O)NC)cc2)cc1. The Labute approximate surface area is 170 Å². The molecule has 1 atom stereocenters. The largest absolute Gasteiger partial charge is 0.388 e. The fourth-order valence-electron chi connectivity index (χ4n) is 2.90. The van der Waals surface area contributed by atoms with Gasteiger partial charge in [0.25, 0.3) is 5.91 Å². The number of aliphatic hydroxyl groups excluding tert-OH is 1. The third-order valence-electron chi connectivity index (χ3n) is 4.56. The van der Waals surface area contributed by atoms with E-state index in [2.05, 4.69) is 5.32 Å². The predicted octanol–water partition coefficient (Wildman–Crippen LogP) is 1.64. The molecule has 0 aliphatic carbocycles. The van der Waals surface area contributed by atoms with E-state index in [1.54, 1.807) is 24.3 Å². The summed E-state index contributed by atoms with van der Waals surface area (Å²) in [5.41, 5.74) is 3.35. The van der Waals surface area contributed by atoms with Crippen LogP contribution in [0.4, 0.5) is 0 Å². The van der Waals surface area contributed by atoms with Crippen LogP contribution < -0.4 is 5.32 Å². The Kier molecular flexibility index (Phi) is 8.06. The number of amides is 2. The van der Waals surface area contributed by atoms with Crippen LogP contribution in [-0.4, -0.2) is 61.0 Å². The van der Waals surface area contributed by atoms with Gasteiger partial charge < -0.3 is 20.1 Å². The first-order chi connectivity index (χ1) is 13.9. The van der Waals surface area contributed by atoms with Gasteiger partial charge in [0.1, 0.15) is 6.61 Å². The van der Waals surface area contributed by atoms with Gasteiger partial charge in [0.15, 0.2) is 11.8 Å². The van der Waals surface area contributed by atoms with E-state index >= 15 is 0 Å². The zero-order valence-corrected chi connectivity index (χ0v) is 16.8. The fraction of sp³-hybridized carbons (Fsp3) is 0.318. The number of aliphatic hydroxyl groups is 1. The lowest BCUT2D eigenvalue weighted by atomic mass is 10.0. The van der Waals surface area contributed by atoms with E-state index in [4.69, 9.17) is 9.84 Å². The number of likely N-dealkylation sites (N-methyl/N-ethyl adjacent to an activating group) is 2. The minimum Gasteiger partial charge on any atom is -0.388 e. The summed E-state index contributed by atoms with van der Waals surface area (Å²) in [7, 11) is 2.73. The van der Waals surface area contributed by atoms with Gasteiger partial charge in [-0.1, -0.05) is 36.4 Å². The average Bonchev–Trinajstić information content (AvgIpc) is 2.77. The molecule has 0 bridgehead atoms. The average molecular weight is 398 g/mol. The fourth-order valence-corrected chi connectivity index (χ4v) is 2.90. The highest BCUT2D eigenvalue weighted by Crippen LogP contribution is 2.21. The second-order valence-corrected chi connectivity index (χ2v) is 6.47. The molecule has 2 aromatic rings. The smallest absolute Gasteiger partial charge is 0.254 e. The summed E-state index contributed by atoms with van der Waals surface area (Å²) in [5, 5.41) is 11.4. The Hall–Kier alpha value is -3.03. The molecule has 0 radical (unpaired) electrons. The van der Waals surface area contributed by atoms with Gasteiger partial charge in [0.05, 0.1) is 6.61 Å². The predicted molar refractivity (Wildman–Crippen MR) is 109 cm³/mol. The summed E-state index contributed by atoms with van der Waals surface area (Å²) in [4.78, 5) is 37.6. The van der Waals surface area contributed by atoms with Gasteiger partial charge in [-0.15, -0.1) is 0 Å². The quantitative estimate of drug-likeness (QED) is 0.626. The number of carbonyl (C=O) groups excluding carboxylic acids is 3. The molecule has 2 N–H and O–H groups in total.